The summed E-state index contributed by atoms with van der Waals surface area (Å²) in [7, 11) is 3.62. The van der Waals surface area contributed by atoms with Crippen LogP contribution in [0, 0.1) is 6.92 Å². The van der Waals surface area contributed by atoms with Gasteiger partial charge in [-0.05, 0) is 67.3 Å². The zero-order valence-electron chi connectivity index (χ0n) is 23.2. The average Bonchev–Trinajstić information content (AvgIpc) is 3.19. The Labute approximate surface area is 231 Å². The van der Waals surface area contributed by atoms with Crippen molar-refractivity contribution >= 4 is 12.2 Å². The van der Waals surface area contributed by atoms with Crippen molar-refractivity contribution in [3.63, 3.8) is 0 Å². The molecule has 0 aliphatic carbocycles. The third kappa shape index (κ3) is 6.70. The fraction of sp³-hybridized carbons (Fsp3) is 0.364. The van der Waals surface area contributed by atoms with Crippen LogP contribution in [0.2, 0.25) is 0 Å². The standard InChI is InChI=1S/C33H38N2O4/c1-24-4-10-27(11-5-24)28-12-13-32-29(20-28)21-31(16-19-39-32)35(33(36)37-3)23-26-8-6-25(7-9-26)22-34(2)30-14-17-38-18-15-30/h4-13,20-21,30H,14-19,22-23H2,1-3H3. The zero-order valence-corrected chi connectivity index (χ0v) is 23.2. The Bertz CT molecular complexity index is 1290. The molecule has 2 aliphatic rings. The number of ether oxygens (including phenoxy) is 3. The van der Waals surface area contributed by atoms with Crippen LogP contribution >= 0.6 is 0 Å². The van der Waals surface area contributed by atoms with Crippen molar-refractivity contribution in [1.29, 1.82) is 0 Å². The number of carbonyl (C=O) groups excluding carboxylic acids is 1. The summed E-state index contributed by atoms with van der Waals surface area (Å²) in [6.07, 6.45) is 4.46. The SMILES string of the molecule is COC(=O)N(Cc1ccc(CN(C)C2CCOCC2)cc1)C1=Cc2cc(-c3ccc(C)cc3)ccc2OCC1. The van der Waals surface area contributed by atoms with Crippen molar-refractivity contribution in [2.75, 3.05) is 34.0 Å². The summed E-state index contributed by atoms with van der Waals surface area (Å²) in [6, 6.07) is 23.8. The molecular formula is C33H38N2O4. The monoisotopic (exact) mass is 526 g/mol. The Balaban J connectivity index is 1.34. The van der Waals surface area contributed by atoms with E-state index in [1.54, 1.807) is 4.90 Å². The summed E-state index contributed by atoms with van der Waals surface area (Å²) in [6.45, 7) is 5.60. The molecule has 0 aromatic heterocycles. The maximum atomic E-state index is 13.0. The predicted molar refractivity (Wildman–Crippen MR) is 154 cm³/mol. The van der Waals surface area contributed by atoms with Crippen molar-refractivity contribution < 1.29 is 19.0 Å². The predicted octanol–water partition coefficient (Wildman–Crippen LogP) is 6.66. The molecule has 6 nitrogen and oxygen atoms in total. The van der Waals surface area contributed by atoms with Gasteiger partial charge in [-0.2, -0.15) is 0 Å². The number of hydrogen-bond acceptors (Lipinski definition) is 5. The third-order valence-corrected chi connectivity index (χ3v) is 7.68. The minimum atomic E-state index is -0.372. The lowest BCUT2D eigenvalue weighted by atomic mass is 10.0. The lowest BCUT2D eigenvalue weighted by Gasteiger charge is -2.31. The number of carbonyl (C=O) groups is 1. The van der Waals surface area contributed by atoms with Crippen LogP contribution in [0.3, 0.4) is 0 Å². The molecule has 6 heteroatoms. The Morgan fingerprint density at radius 1 is 0.897 bits per heavy atom. The highest BCUT2D eigenvalue weighted by Crippen LogP contribution is 2.32. The molecule has 2 aliphatic heterocycles. The molecule has 204 valence electrons. The van der Waals surface area contributed by atoms with E-state index in [-0.39, 0.29) is 6.09 Å². The van der Waals surface area contributed by atoms with Crippen LogP contribution in [0.4, 0.5) is 4.79 Å². The number of fused-ring (bicyclic) bond motifs is 1. The summed E-state index contributed by atoms with van der Waals surface area (Å²) in [5.74, 6) is 0.823. The van der Waals surface area contributed by atoms with E-state index in [0.29, 0.717) is 25.6 Å². The van der Waals surface area contributed by atoms with Crippen LogP contribution in [-0.4, -0.2) is 55.9 Å². The molecule has 3 aromatic carbocycles. The highest BCUT2D eigenvalue weighted by Gasteiger charge is 2.23. The number of hydrogen-bond donors (Lipinski definition) is 0. The van der Waals surface area contributed by atoms with Gasteiger partial charge in [0.15, 0.2) is 0 Å². The van der Waals surface area contributed by atoms with E-state index in [1.165, 1.54) is 18.2 Å². The molecule has 0 spiro atoms. The van der Waals surface area contributed by atoms with Crippen LogP contribution in [0.5, 0.6) is 5.75 Å². The van der Waals surface area contributed by atoms with Crippen molar-refractivity contribution in [3.8, 4) is 16.9 Å². The molecule has 1 saturated heterocycles. The summed E-state index contributed by atoms with van der Waals surface area (Å²) < 4.78 is 16.8. The van der Waals surface area contributed by atoms with Gasteiger partial charge in [-0.15, -0.1) is 0 Å². The van der Waals surface area contributed by atoms with Gasteiger partial charge in [0.1, 0.15) is 5.75 Å². The first-order valence-electron chi connectivity index (χ1n) is 13.8. The Morgan fingerprint density at radius 2 is 1.56 bits per heavy atom. The van der Waals surface area contributed by atoms with Gasteiger partial charge in [0.25, 0.3) is 0 Å². The number of rotatable bonds is 7. The Kier molecular flexibility index (Phi) is 8.64. The highest BCUT2D eigenvalue weighted by atomic mass is 16.5. The van der Waals surface area contributed by atoms with Gasteiger partial charge in [-0.1, -0.05) is 60.2 Å². The first-order chi connectivity index (χ1) is 19.0. The van der Waals surface area contributed by atoms with Gasteiger partial charge < -0.3 is 14.2 Å². The van der Waals surface area contributed by atoms with E-state index in [4.69, 9.17) is 14.2 Å². The molecular weight excluding hydrogens is 488 g/mol. The van der Waals surface area contributed by atoms with Gasteiger partial charge in [-0.25, -0.2) is 4.79 Å². The lowest BCUT2D eigenvalue weighted by Crippen LogP contribution is -2.36. The first kappa shape index (κ1) is 27.0. The number of aryl methyl sites for hydroxylation is 1. The van der Waals surface area contributed by atoms with Crippen LogP contribution in [0.25, 0.3) is 17.2 Å². The molecule has 1 amide bonds. The van der Waals surface area contributed by atoms with E-state index in [9.17, 15) is 4.79 Å². The maximum absolute atomic E-state index is 13.0. The number of methoxy groups -OCH3 is 1. The molecule has 0 N–H and O–H groups in total. The summed E-state index contributed by atoms with van der Waals surface area (Å²) in [5, 5.41) is 0. The van der Waals surface area contributed by atoms with Gasteiger partial charge in [-0.3, -0.25) is 9.80 Å². The van der Waals surface area contributed by atoms with Crippen molar-refractivity contribution in [2.45, 2.75) is 45.3 Å². The van der Waals surface area contributed by atoms with Crippen molar-refractivity contribution in [3.05, 3.63) is 94.7 Å². The van der Waals surface area contributed by atoms with Gasteiger partial charge in [0.05, 0.1) is 20.3 Å². The Hall–Kier alpha value is -3.61. The summed E-state index contributed by atoms with van der Waals surface area (Å²) in [5.41, 5.74) is 7.64. The Morgan fingerprint density at radius 3 is 2.26 bits per heavy atom. The highest BCUT2D eigenvalue weighted by molar-refractivity contribution is 5.75. The molecule has 0 unspecified atom stereocenters. The fourth-order valence-corrected chi connectivity index (χ4v) is 5.32. The smallest absolute Gasteiger partial charge is 0.414 e. The fourth-order valence-electron chi connectivity index (χ4n) is 5.32. The van der Waals surface area contributed by atoms with E-state index in [2.05, 4.69) is 85.6 Å². The second kappa shape index (κ2) is 12.5. The van der Waals surface area contributed by atoms with E-state index < -0.39 is 0 Å². The molecule has 1 fully saturated rings. The minimum absolute atomic E-state index is 0.372. The zero-order chi connectivity index (χ0) is 27.2. The van der Waals surface area contributed by atoms with Crippen LogP contribution in [0.15, 0.2) is 72.4 Å². The largest absolute Gasteiger partial charge is 0.493 e. The maximum Gasteiger partial charge on any atom is 0.414 e. The molecule has 2 heterocycles. The van der Waals surface area contributed by atoms with E-state index in [0.717, 1.165) is 66.3 Å². The summed E-state index contributed by atoms with van der Waals surface area (Å²) >= 11 is 0. The van der Waals surface area contributed by atoms with Gasteiger partial charge in [0.2, 0.25) is 0 Å². The average molecular weight is 527 g/mol. The minimum Gasteiger partial charge on any atom is -0.493 e. The topological polar surface area (TPSA) is 51.2 Å². The second-order valence-electron chi connectivity index (χ2n) is 10.5. The van der Waals surface area contributed by atoms with Crippen molar-refractivity contribution in [1.82, 2.24) is 9.80 Å². The molecule has 0 bridgehead atoms. The molecule has 0 atom stereocenters. The summed E-state index contributed by atoms with van der Waals surface area (Å²) in [4.78, 5) is 17.1. The molecule has 39 heavy (non-hydrogen) atoms. The van der Waals surface area contributed by atoms with Crippen LogP contribution in [0.1, 0.15) is 41.5 Å². The van der Waals surface area contributed by atoms with Crippen LogP contribution < -0.4 is 4.74 Å². The van der Waals surface area contributed by atoms with Crippen LogP contribution in [-0.2, 0) is 22.6 Å². The third-order valence-electron chi connectivity index (χ3n) is 7.68. The number of nitrogens with zero attached hydrogens (tertiary/aromatic N) is 2. The van der Waals surface area contributed by atoms with Crippen molar-refractivity contribution in [2.24, 2.45) is 0 Å². The lowest BCUT2D eigenvalue weighted by molar-refractivity contribution is 0.0407. The second-order valence-corrected chi connectivity index (χ2v) is 10.5. The molecule has 5 rings (SSSR count). The molecule has 0 radical (unpaired) electrons. The van der Waals surface area contributed by atoms with Gasteiger partial charge in [0, 0.05) is 43.5 Å². The van der Waals surface area contributed by atoms with Gasteiger partial charge >= 0.3 is 6.09 Å². The normalized spacial score (nSPS) is 15.6. The molecule has 3 aromatic rings. The number of benzene rings is 3. The number of amides is 1. The van der Waals surface area contributed by atoms with E-state index in [1.807, 2.05) is 6.07 Å². The quantitative estimate of drug-likeness (QED) is 0.344. The molecule has 0 saturated carbocycles. The van der Waals surface area contributed by atoms with E-state index >= 15 is 0 Å². The first-order valence-corrected chi connectivity index (χ1v) is 13.8.